The van der Waals surface area contributed by atoms with E-state index in [0.717, 1.165) is 0 Å². The van der Waals surface area contributed by atoms with Crippen LogP contribution in [0.25, 0.3) is 0 Å². The molecule has 0 bridgehead atoms. The van der Waals surface area contributed by atoms with Gasteiger partial charge in [0, 0.05) is 0 Å². The number of ether oxygens (including phenoxy) is 1. The van der Waals surface area contributed by atoms with Gasteiger partial charge in [0.15, 0.2) is 5.75 Å². The fourth-order valence-electron chi connectivity index (χ4n) is 0.782. The monoisotopic (exact) mass is 374 g/mol. The number of methoxy groups -OCH3 is 1. The topological polar surface area (TPSA) is 39.4 Å². The van der Waals surface area contributed by atoms with E-state index in [1.165, 1.54) is 7.11 Å². The maximum Gasteiger partial charge on any atom is 0.354 e. The van der Waals surface area contributed by atoms with E-state index < -0.39 is 5.63 Å². The highest BCUT2D eigenvalue weighted by Gasteiger charge is 2.15. The highest BCUT2D eigenvalue weighted by atomic mass is 79.9. The molecule has 3 nitrogen and oxygen atoms in total. The largest absolute Gasteiger partial charge is 0.494 e. The van der Waals surface area contributed by atoms with Crippen LogP contribution >= 0.6 is 47.8 Å². The van der Waals surface area contributed by atoms with Crippen LogP contribution < -0.4 is 10.4 Å². The Balaban J connectivity index is 3.48. The number of hydrogen-bond acceptors (Lipinski definition) is 3. The first-order valence-electron chi connectivity index (χ1n) is 3.22. The van der Waals surface area contributed by atoms with Crippen LogP contribution in [0.3, 0.4) is 0 Å². The number of hydrogen-bond donors (Lipinski definition) is 0. The molecular weight excluding hydrogens is 372 g/mol. The molecule has 0 unspecified atom stereocenters. The van der Waals surface area contributed by atoms with Crippen molar-refractivity contribution in [2.24, 2.45) is 0 Å². The summed E-state index contributed by atoms with van der Waals surface area (Å²) in [4.78, 5) is 11.2. The Kier molecular flexibility index (Phi) is 4.00. The van der Waals surface area contributed by atoms with Crippen molar-refractivity contribution in [2.75, 3.05) is 7.11 Å². The molecule has 0 atom stereocenters. The molecular formula is C7H5Br3O3. The van der Waals surface area contributed by atoms with E-state index >= 15 is 0 Å². The van der Waals surface area contributed by atoms with Crippen molar-refractivity contribution in [1.29, 1.82) is 0 Å². The van der Waals surface area contributed by atoms with Gasteiger partial charge in [0.2, 0.25) is 0 Å². The maximum atomic E-state index is 11.2. The van der Waals surface area contributed by atoms with Gasteiger partial charge in [-0.25, -0.2) is 4.79 Å². The molecule has 0 saturated heterocycles. The lowest BCUT2D eigenvalue weighted by atomic mass is 10.4. The Morgan fingerprint density at radius 1 is 1.38 bits per heavy atom. The van der Waals surface area contributed by atoms with E-state index in [1.807, 2.05) is 0 Å². The highest BCUT2D eigenvalue weighted by molar-refractivity contribution is 9.11. The lowest BCUT2D eigenvalue weighted by molar-refractivity contribution is 0.387. The van der Waals surface area contributed by atoms with E-state index in [9.17, 15) is 4.79 Å². The molecule has 0 N–H and O–H groups in total. The Morgan fingerprint density at radius 3 is 2.46 bits per heavy atom. The van der Waals surface area contributed by atoms with Crippen LogP contribution in [0, 0.1) is 0 Å². The fourth-order valence-corrected chi connectivity index (χ4v) is 2.84. The first-order chi connectivity index (χ1) is 6.11. The quantitative estimate of drug-likeness (QED) is 0.745. The predicted molar refractivity (Wildman–Crippen MR) is 59.6 cm³/mol. The van der Waals surface area contributed by atoms with Crippen LogP contribution in [0.5, 0.6) is 5.75 Å². The van der Waals surface area contributed by atoms with Crippen molar-refractivity contribution in [3.63, 3.8) is 0 Å². The minimum absolute atomic E-state index is 0.284. The maximum absolute atomic E-state index is 11.2. The van der Waals surface area contributed by atoms with E-state index in [2.05, 4.69) is 47.8 Å². The highest BCUT2D eigenvalue weighted by Crippen LogP contribution is 2.33. The minimum Gasteiger partial charge on any atom is -0.494 e. The molecule has 1 rings (SSSR count). The molecule has 0 aromatic carbocycles. The van der Waals surface area contributed by atoms with Gasteiger partial charge in [0.1, 0.15) is 14.7 Å². The van der Waals surface area contributed by atoms with Crippen molar-refractivity contribution in [3.8, 4) is 5.75 Å². The average molecular weight is 377 g/mol. The Hall–Kier alpha value is 0.190. The summed E-state index contributed by atoms with van der Waals surface area (Å²) in [6.45, 7) is 0. The third kappa shape index (κ3) is 2.16. The number of rotatable bonds is 2. The normalized spacial score (nSPS) is 10.2. The van der Waals surface area contributed by atoms with Crippen LogP contribution in [0.2, 0.25) is 0 Å². The smallest absolute Gasteiger partial charge is 0.354 e. The second-order valence-electron chi connectivity index (χ2n) is 2.11. The Morgan fingerprint density at radius 2 is 2.00 bits per heavy atom. The molecule has 1 heterocycles. The predicted octanol–water partition coefficient (Wildman–Crippen LogP) is 3.07. The van der Waals surface area contributed by atoms with E-state index in [1.54, 1.807) is 0 Å². The summed E-state index contributed by atoms with van der Waals surface area (Å²) in [7, 11) is 1.49. The van der Waals surface area contributed by atoms with Crippen LogP contribution in [-0.4, -0.2) is 7.11 Å². The Labute approximate surface area is 99.8 Å². The molecule has 0 aliphatic rings. The van der Waals surface area contributed by atoms with Crippen LogP contribution in [-0.2, 0) is 5.33 Å². The van der Waals surface area contributed by atoms with E-state index in [4.69, 9.17) is 9.15 Å². The van der Waals surface area contributed by atoms with Gasteiger partial charge in [0.05, 0.1) is 12.4 Å². The van der Waals surface area contributed by atoms with Crippen LogP contribution in [0.1, 0.15) is 5.76 Å². The van der Waals surface area contributed by atoms with Crippen molar-refractivity contribution in [1.82, 2.24) is 0 Å². The summed E-state index contributed by atoms with van der Waals surface area (Å²) in [5.74, 6) is 0.954. The van der Waals surface area contributed by atoms with Crippen molar-refractivity contribution in [3.05, 3.63) is 25.1 Å². The molecule has 0 amide bonds. The third-order valence-electron chi connectivity index (χ3n) is 1.36. The molecule has 6 heteroatoms. The molecule has 0 spiro atoms. The lowest BCUT2D eigenvalue weighted by Gasteiger charge is -2.06. The second-order valence-corrected chi connectivity index (χ2v) is 4.25. The van der Waals surface area contributed by atoms with Crippen molar-refractivity contribution >= 4 is 47.8 Å². The van der Waals surface area contributed by atoms with E-state index in [0.29, 0.717) is 21.3 Å². The average Bonchev–Trinajstić information content (AvgIpc) is 2.12. The van der Waals surface area contributed by atoms with Crippen LogP contribution in [0.15, 0.2) is 18.2 Å². The van der Waals surface area contributed by atoms with Gasteiger partial charge < -0.3 is 9.15 Å². The van der Waals surface area contributed by atoms with Crippen molar-refractivity contribution in [2.45, 2.75) is 5.33 Å². The zero-order valence-electron chi connectivity index (χ0n) is 6.57. The molecule has 72 valence electrons. The number of halogens is 3. The molecule has 0 saturated carbocycles. The summed E-state index contributed by atoms with van der Waals surface area (Å²) in [6, 6.07) is 0. The molecule has 0 aliphatic heterocycles. The lowest BCUT2D eigenvalue weighted by Crippen LogP contribution is -2.05. The fraction of sp³-hybridized carbons (Fsp3) is 0.286. The summed E-state index contributed by atoms with van der Waals surface area (Å²) in [5, 5.41) is 0.451. The molecule has 1 aromatic heterocycles. The molecule has 0 fully saturated rings. The minimum atomic E-state index is -0.450. The van der Waals surface area contributed by atoms with Gasteiger partial charge in [0.25, 0.3) is 0 Å². The van der Waals surface area contributed by atoms with E-state index in [-0.39, 0.29) is 4.47 Å². The van der Waals surface area contributed by atoms with Gasteiger partial charge in [-0.2, -0.15) is 0 Å². The van der Waals surface area contributed by atoms with Gasteiger partial charge in [-0.3, -0.25) is 0 Å². The summed E-state index contributed by atoms with van der Waals surface area (Å²) in [6.07, 6.45) is 0. The second kappa shape index (κ2) is 4.61. The standard InChI is InChI=1S/C7H5Br3O3/c1-12-6-4(9)3(2-8)13-7(11)5(6)10/h2H2,1H3. The number of alkyl halides is 1. The molecule has 1 aromatic rings. The zero-order valence-corrected chi connectivity index (χ0v) is 11.3. The summed E-state index contributed by atoms with van der Waals surface area (Å²) >= 11 is 9.54. The van der Waals surface area contributed by atoms with Gasteiger partial charge >= 0.3 is 5.63 Å². The summed E-state index contributed by atoms with van der Waals surface area (Å²) in [5.41, 5.74) is -0.450. The van der Waals surface area contributed by atoms with Crippen molar-refractivity contribution < 1.29 is 9.15 Å². The molecule has 0 aliphatic carbocycles. The first kappa shape index (κ1) is 11.3. The first-order valence-corrected chi connectivity index (χ1v) is 5.93. The third-order valence-corrected chi connectivity index (χ3v) is 3.36. The molecule has 13 heavy (non-hydrogen) atoms. The van der Waals surface area contributed by atoms with Gasteiger partial charge in [-0.15, -0.1) is 0 Å². The molecule has 0 radical (unpaired) electrons. The summed E-state index contributed by atoms with van der Waals surface area (Å²) < 4.78 is 10.9. The Bertz CT molecular complexity index is 372. The van der Waals surface area contributed by atoms with Crippen LogP contribution in [0.4, 0.5) is 0 Å². The zero-order chi connectivity index (χ0) is 10.0. The van der Waals surface area contributed by atoms with Gasteiger partial charge in [-0.05, 0) is 31.9 Å². The SMILES string of the molecule is COc1c(Br)c(CBr)oc(=O)c1Br. The van der Waals surface area contributed by atoms with Gasteiger partial charge in [-0.1, -0.05) is 15.9 Å².